The number of carbonyl (C=O) groups is 1. The number of hydrogen-bond donors (Lipinski definition) is 1. The zero-order valence-electron chi connectivity index (χ0n) is 14.9. The number of benzene rings is 2. The van der Waals surface area contributed by atoms with Crippen LogP contribution in [-0.2, 0) is 17.1 Å². The van der Waals surface area contributed by atoms with Crippen molar-refractivity contribution < 1.29 is 35.9 Å². The second kappa shape index (κ2) is 8.39. The number of fused-ring (bicyclic) bond motifs is 1. The van der Waals surface area contributed by atoms with E-state index in [-0.39, 0.29) is 32.9 Å². The lowest BCUT2D eigenvalue weighted by Gasteiger charge is -2.15. The molecule has 0 radical (unpaired) electrons. The van der Waals surface area contributed by atoms with Gasteiger partial charge in [-0.05, 0) is 30.3 Å². The molecule has 0 aliphatic heterocycles. The van der Waals surface area contributed by atoms with Gasteiger partial charge < -0.3 is 10.1 Å². The molecule has 3 rings (SSSR count). The van der Waals surface area contributed by atoms with E-state index in [4.69, 9.17) is 27.9 Å². The molecule has 2 aromatic carbocycles. The molecule has 0 atom stereocenters. The SMILES string of the molecule is O=C(COc1ncnc2c(Cl)cc(Cl)cc12)Nc1cc(C(F)(F)F)cc(C(F)(F)F)c1. The Balaban J connectivity index is 1.81. The third-order valence-corrected chi connectivity index (χ3v) is 4.34. The van der Waals surface area contributed by atoms with Crippen molar-refractivity contribution >= 4 is 45.7 Å². The van der Waals surface area contributed by atoms with Crippen molar-refractivity contribution in [1.29, 1.82) is 0 Å². The van der Waals surface area contributed by atoms with Gasteiger partial charge in [-0.2, -0.15) is 26.3 Å². The van der Waals surface area contributed by atoms with Crippen molar-refractivity contribution in [2.45, 2.75) is 12.4 Å². The van der Waals surface area contributed by atoms with Crippen LogP contribution in [-0.4, -0.2) is 22.5 Å². The Morgan fingerprint density at radius 2 is 1.55 bits per heavy atom. The van der Waals surface area contributed by atoms with E-state index in [1.165, 1.54) is 12.1 Å². The van der Waals surface area contributed by atoms with E-state index in [0.717, 1.165) is 6.33 Å². The maximum Gasteiger partial charge on any atom is 0.416 e. The molecule has 0 aliphatic rings. The van der Waals surface area contributed by atoms with Gasteiger partial charge in [0.2, 0.25) is 5.88 Å². The number of amides is 1. The summed E-state index contributed by atoms with van der Waals surface area (Å²) in [5.74, 6) is -1.13. The number of nitrogens with one attached hydrogen (secondary N) is 1. The fourth-order valence-electron chi connectivity index (χ4n) is 2.54. The van der Waals surface area contributed by atoms with Gasteiger partial charge >= 0.3 is 12.4 Å². The highest BCUT2D eigenvalue weighted by Gasteiger charge is 2.37. The van der Waals surface area contributed by atoms with Gasteiger partial charge in [-0.25, -0.2) is 9.97 Å². The highest BCUT2D eigenvalue weighted by molar-refractivity contribution is 6.38. The molecule has 1 amide bonds. The normalized spacial score (nSPS) is 12.1. The van der Waals surface area contributed by atoms with Gasteiger partial charge in [0.25, 0.3) is 5.91 Å². The molecule has 164 valence electrons. The number of ether oxygens (including phenoxy) is 1. The summed E-state index contributed by atoms with van der Waals surface area (Å²) in [6.07, 6.45) is -9.00. The first-order chi connectivity index (χ1) is 14.3. The molecule has 1 heterocycles. The minimum absolute atomic E-state index is 0.0489. The van der Waals surface area contributed by atoms with E-state index in [0.29, 0.717) is 12.1 Å². The van der Waals surface area contributed by atoms with E-state index in [1.54, 1.807) is 0 Å². The first-order valence-electron chi connectivity index (χ1n) is 8.16. The lowest BCUT2D eigenvalue weighted by molar-refractivity contribution is -0.143. The van der Waals surface area contributed by atoms with E-state index >= 15 is 0 Å². The van der Waals surface area contributed by atoms with Gasteiger partial charge in [0, 0.05) is 10.7 Å². The molecular formula is C18H9Cl2F6N3O2. The van der Waals surface area contributed by atoms with Crippen molar-refractivity contribution in [3.63, 3.8) is 0 Å². The fraction of sp³-hybridized carbons (Fsp3) is 0.167. The Labute approximate surface area is 179 Å². The molecule has 1 aromatic heterocycles. The van der Waals surface area contributed by atoms with Gasteiger partial charge in [0.15, 0.2) is 6.61 Å². The number of halogens is 8. The van der Waals surface area contributed by atoms with Gasteiger partial charge in [0.05, 0.1) is 27.1 Å². The molecule has 0 bridgehead atoms. The Bertz CT molecular complexity index is 1120. The van der Waals surface area contributed by atoms with E-state index in [9.17, 15) is 31.1 Å². The molecule has 0 spiro atoms. The zero-order valence-corrected chi connectivity index (χ0v) is 16.4. The summed E-state index contributed by atoms with van der Waals surface area (Å²) in [6, 6.07) is 3.55. The highest BCUT2D eigenvalue weighted by atomic mass is 35.5. The number of aromatic nitrogens is 2. The topological polar surface area (TPSA) is 64.1 Å². The van der Waals surface area contributed by atoms with Crippen LogP contribution in [0.2, 0.25) is 10.0 Å². The Hall–Kier alpha value is -2.79. The molecule has 31 heavy (non-hydrogen) atoms. The largest absolute Gasteiger partial charge is 0.467 e. The lowest BCUT2D eigenvalue weighted by Crippen LogP contribution is -2.21. The molecule has 0 unspecified atom stereocenters. The van der Waals surface area contributed by atoms with E-state index in [1.807, 2.05) is 5.32 Å². The molecule has 1 N–H and O–H groups in total. The van der Waals surface area contributed by atoms with Crippen molar-refractivity contribution in [1.82, 2.24) is 9.97 Å². The number of carbonyl (C=O) groups excluding carboxylic acids is 1. The molecule has 3 aromatic rings. The molecule has 0 aliphatic carbocycles. The zero-order chi connectivity index (χ0) is 23.0. The van der Waals surface area contributed by atoms with Crippen LogP contribution in [0.5, 0.6) is 5.88 Å². The second-order valence-electron chi connectivity index (χ2n) is 6.09. The maximum atomic E-state index is 12.9. The first kappa shape index (κ1) is 22.9. The van der Waals surface area contributed by atoms with Crippen LogP contribution in [0.15, 0.2) is 36.7 Å². The molecular weight excluding hydrogens is 475 g/mol. The third kappa shape index (κ3) is 5.47. The highest BCUT2D eigenvalue weighted by Crippen LogP contribution is 2.37. The summed E-state index contributed by atoms with van der Waals surface area (Å²) in [7, 11) is 0. The van der Waals surface area contributed by atoms with Gasteiger partial charge in [0.1, 0.15) is 6.33 Å². The Morgan fingerprint density at radius 1 is 0.935 bits per heavy atom. The fourth-order valence-corrected chi connectivity index (χ4v) is 3.08. The summed E-state index contributed by atoms with van der Waals surface area (Å²) in [5.41, 5.74) is -3.56. The molecule has 5 nitrogen and oxygen atoms in total. The number of nitrogens with zero attached hydrogens (tertiary/aromatic N) is 2. The van der Waals surface area contributed by atoms with Crippen LogP contribution < -0.4 is 10.1 Å². The summed E-state index contributed by atoms with van der Waals surface area (Å²) < 4.78 is 82.7. The van der Waals surface area contributed by atoms with Gasteiger partial charge in [-0.3, -0.25) is 4.79 Å². The predicted molar refractivity (Wildman–Crippen MR) is 100 cm³/mol. The summed E-state index contributed by atoms with van der Waals surface area (Å²) in [4.78, 5) is 19.9. The molecule has 0 saturated carbocycles. The monoisotopic (exact) mass is 483 g/mol. The van der Waals surface area contributed by atoms with Crippen LogP contribution >= 0.6 is 23.2 Å². The van der Waals surface area contributed by atoms with Crippen LogP contribution in [0.3, 0.4) is 0 Å². The summed E-state index contributed by atoms with van der Waals surface area (Å²) >= 11 is 11.9. The van der Waals surface area contributed by atoms with Crippen molar-refractivity contribution in [2.24, 2.45) is 0 Å². The van der Waals surface area contributed by atoms with Gasteiger partial charge in [-0.1, -0.05) is 23.2 Å². The quantitative estimate of drug-likeness (QED) is 0.462. The average molecular weight is 484 g/mol. The first-order valence-corrected chi connectivity index (χ1v) is 8.92. The van der Waals surface area contributed by atoms with E-state index < -0.39 is 41.7 Å². The minimum Gasteiger partial charge on any atom is -0.467 e. The Morgan fingerprint density at radius 3 is 2.13 bits per heavy atom. The smallest absolute Gasteiger partial charge is 0.416 e. The molecule has 0 saturated heterocycles. The molecule has 13 heteroatoms. The number of rotatable bonds is 4. The van der Waals surface area contributed by atoms with E-state index in [2.05, 4.69) is 9.97 Å². The standard InChI is InChI=1S/C18H9Cl2F6N3O2/c19-10-4-12-15(13(20)5-10)27-7-28-16(12)31-6-14(30)29-11-2-8(17(21,22)23)1-9(3-11)18(24,25)26/h1-5,7H,6H2,(H,29,30). The van der Waals surface area contributed by atoms with Gasteiger partial charge in [-0.15, -0.1) is 0 Å². The molecule has 0 fully saturated rings. The third-order valence-electron chi connectivity index (χ3n) is 3.83. The minimum atomic E-state index is -5.05. The Kier molecular flexibility index (Phi) is 6.19. The number of alkyl halides is 6. The van der Waals surface area contributed by atoms with Crippen LogP contribution in [0, 0.1) is 0 Å². The van der Waals surface area contributed by atoms with Crippen molar-refractivity contribution in [3.05, 3.63) is 57.8 Å². The average Bonchev–Trinajstić information content (AvgIpc) is 2.64. The maximum absolute atomic E-state index is 12.9. The van der Waals surface area contributed by atoms with Crippen LogP contribution in [0.4, 0.5) is 32.0 Å². The number of hydrogen-bond acceptors (Lipinski definition) is 4. The predicted octanol–water partition coefficient (Wildman–Crippen LogP) is 5.99. The van der Waals surface area contributed by atoms with Crippen LogP contribution in [0.25, 0.3) is 10.9 Å². The lowest BCUT2D eigenvalue weighted by atomic mass is 10.1. The van der Waals surface area contributed by atoms with Crippen molar-refractivity contribution in [3.8, 4) is 5.88 Å². The number of anilines is 1. The summed E-state index contributed by atoms with van der Waals surface area (Å²) in [6.45, 7) is -0.770. The summed E-state index contributed by atoms with van der Waals surface area (Å²) in [5, 5.41) is 2.61. The van der Waals surface area contributed by atoms with Crippen LogP contribution in [0.1, 0.15) is 11.1 Å². The van der Waals surface area contributed by atoms with Crippen molar-refractivity contribution in [2.75, 3.05) is 11.9 Å². The second-order valence-corrected chi connectivity index (χ2v) is 6.94.